The monoisotopic (exact) mass is 258 g/mol. The van der Waals surface area contributed by atoms with Gasteiger partial charge in [0.25, 0.3) is 0 Å². The van der Waals surface area contributed by atoms with E-state index in [0.717, 1.165) is 13.1 Å². The molecule has 0 fully saturated rings. The van der Waals surface area contributed by atoms with Gasteiger partial charge in [0.2, 0.25) is 0 Å². The maximum Gasteiger partial charge on any atom is 0.407 e. The van der Waals surface area contributed by atoms with Crippen LogP contribution in [0.4, 0.5) is 4.79 Å². The van der Waals surface area contributed by atoms with E-state index in [9.17, 15) is 4.79 Å². The fourth-order valence-electron chi connectivity index (χ4n) is 1.26. The molecule has 96 valence electrons. The quantitative estimate of drug-likeness (QED) is 0.767. The summed E-state index contributed by atoms with van der Waals surface area (Å²) < 4.78 is 4.73. The molecule has 0 saturated carbocycles. The summed E-state index contributed by atoms with van der Waals surface area (Å²) in [5.41, 5.74) is 1.23. The lowest BCUT2D eigenvalue weighted by atomic mass is 10.2. The minimum absolute atomic E-state index is 0. The zero-order chi connectivity index (χ0) is 11.6. The summed E-state index contributed by atoms with van der Waals surface area (Å²) >= 11 is 0. The molecular formula is C12H19ClN2O2. The van der Waals surface area contributed by atoms with Gasteiger partial charge in [0.15, 0.2) is 0 Å². The van der Waals surface area contributed by atoms with Gasteiger partial charge in [0, 0.05) is 19.6 Å². The first-order chi connectivity index (χ1) is 7.83. The molecule has 0 atom stereocenters. The number of halogens is 1. The van der Waals surface area contributed by atoms with Crippen LogP contribution < -0.4 is 10.6 Å². The minimum Gasteiger partial charge on any atom is -0.450 e. The highest BCUT2D eigenvalue weighted by molar-refractivity contribution is 5.85. The zero-order valence-electron chi connectivity index (χ0n) is 9.94. The molecule has 0 aliphatic carbocycles. The van der Waals surface area contributed by atoms with Crippen molar-refractivity contribution in [3.05, 3.63) is 35.9 Å². The fraction of sp³-hybridized carbons (Fsp3) is 0.417. The second kappa shape index (κ2) is 9.93. The van der Waals surface area contributed by atoms with E-state index in [1.54, 1.807) is 6.92 Å². The first-order valence-corrected chi connectivity index (χ1v) is 5.48. The Morgan fingerprint density at radius 3 is 2.59 bits per heavy atom. The molecule has 0 saturated heterocycles. The van der Waals surface area contributed by atoms with Crippen LogP contribution in [0.1, 0.15) is 12.5 Å². The third-order valence-electron chi connectivity index (χ3n) is 2.02. The Labute approximate surface area is 108 Å². The van der Waals surface area contributed by atoms with Crippen LogP contribution in [0.15, 0.2) is 30.3 Å². The summed E-state index contributed by atoms with van der Waals surface area (Å²) in [6.45, 7) is 4.31. The highest BCUT2D eigenvalue weighted by atomic mass is 35.5. The number of alkyl carbamates (subject to hydrolysis) is 1. The van der Waals surface area contributed by atoms with E-state index in [1.807, 2.05) is 18.2 Å². The van der Waals surface area contributed by atoms with Gasteiger partial charge in [0.1, 0.15) is 0 Å². The van der Waals surface area contributed by atoms with Crippen molar-refractivity contribution in [2.24, 2.45) is 0 Å². The Balaban J connectivity index is 0.00000256. The fourth-order valence-corrected chi connectivity index (χ4v) is 1.26. The van der Waals surface area contributed by atoms with Crippen LogP contribution in [0.3, 0.4) is 0 Å². The van der Waals surface area contributed by atoms with Gasteiger partial charge >= 0.3 is 6.09 Å². The lowest BCUT2D eigenvalue weighted by Gasteiger charge is -2.06. The van der Waals surface area contributed by atoms with E-state index in [4.69, 9.17) is 4.74 Å². The standard InChI is InChI=1S/C12H18N2O2.ClH/c1-2-16-12(15)14-9-8-13-10-11-6-4-3-5-7-11;/h3-7,13H,2,8-10H2,1H3,(H,14,15);1H. The molecule has 1 amide bonds. The van der Waals surface area contributed by atoms with E-state index in [0.29, 0.717) is 13.2 Å². The van der Waals surface area contributed by atoms with Crippen LogP contribution in [0.2, 0.25) is 0 Å². The van der Waals surface area contributed by atoms with Crippen LogP contribution in [-0.2, 0) is 11.3 Å². The van der Waals surface area contributed by atoms with Gasteiger partial charge in [-0.25, -0.2) is 4.79 Å². The molecule has 0 bridgehead atoms. The van der Waals surface area contributed by atoms with Crippen molar-refractivity contribution in [3.63, 3.8) is 0 Å². The summed E-state index contributed by atoms with van der Waals surface area (Å²) in [7, 11) is 0. The van der Waals surface area contributed by atoms with Crippen LogP contribution in [-0.4, -0.2) is 25.8 Å². The Kier molecular flexibility index (Phi) is 9.19. The van der Waals surface area contributed by atoms with E-state index in [2.05, 4.69) is 22.8 Å². The summed E-state index contributed by atoms with van der Waals surface area (Å²) in [5, 5.41) is 5.88. The second-order valence-electron chi connectivity index (χ2n) is 3.31. The average Bonchev–Trinajstić information content (AvgIpc) is 2.30. The first kappa shape index (κ1) is 15.7. The average molecular weight is 259 g/mol. The third-order valence-corrected chi connectivity index (χ3v) is 2.02. The van der Waals surface area contributed by atoms with Gasteiger partial charge in [-0.05, 0) is 12.5 Å². The third kappa shape index (κ3) is 7.60. The number of carbonyl (C=O) groups is 1. The van der Waals surface area contributed by atoms with Crippen molar-refractivity contribution < 1.29 is 9.53 Å². The minimum atomic E-state index is -0.357. The highest BCUT2D eigenvalue weighted by Crippen LogP contribution is 1.96. The van der Waals surface area contributed by atoms with E-state index >= 15 is 0 Å². The molecule has 0 aliphatic heterocycles. The topological polar surface area (TPSA) is 50.4 Å². The smallest absolute Gasteiger partial charge is 0.407 e. The molecule has 0 aliphatic rings. The predicted molar refractivity (Wildman–Crippen MR) is 70.4 cm³/mol. The number of ether oxygens (including phenoxy) is 1. The molecule has 1 aromatic rings. The molecular weight excluding hydrogens is 240 g/mol. The molecule has 0 radical (unpaired) electrons. The molecule has 2 N–H and O–H groups in total. The molecule has 17 heavy (non-hydrogen) atoms. The van der Waals surface area contributed by atoms with Gasteiger partial charge in [-0.15, -0.1) is 12.4 Å². The van der Waals surface area contributed by atoms with Gasteiger partial charge in [-0.3, -0.25) is 0 Å². The molecule has 4 nitrogen and oxygen atoms in total. The van der Waals surface area contributed by atoms with Gasteiger partial charge in [-0.2, -0.15) is 0 Å². The number of carbonyl (C=O) groups excluding carboxylic acids is 1. The lowest BCUT2D eigenvalue weighted by Crippen LogP contribution is -2.32. The summed E-state index contributed by atoms with van der Waals surface area (Å²) in [4.78, 5) is 10.9. The van der Waals surface area contributed by atoms with E-state index in [1.165, 1.54) is 5.56 Å². The number of rotatable bonds is 6. The number of amides is 1. The first-order valence-electron chi connectivity index (χ1n) is 5.48. The largest absolute Gasteiger partial charge is 0.450 e. The lowest BCUT2D eigenvalue weighted by molar-refractivity contribution is 0.152. The number of hydrogen-bond donors (Lipinski definition) is 2. The normalized spacial score (nSPS) is 9.24. The SMILES string of the molecule is CCOC(=O)NCCNCc1ccccc1.Cl. The number of hydrogen-bond acceptors (Lipinski definition) is 3. The maximum atomic E-state index is 10.9. The molecule has 0 heterocycles. The molecule has 0 spiro atoms. The van der Waals surface area contributed by atoms with Crippen molar-refractivity contribution in [2.75, 3.05) is 19.7 Å². The Morgan fingerprint density at radius 1 is 1.24 bits per heavy atom. The molecule has 1 aromatic carbocycles. The van der Waals surface area contributed by atoms with Crippen LogP contribution in [0.25, 0.3) is 0 Å². The second-order valence-corrected chi connectivity index (χ2v) is 3.31. The van der Waals surface area contributed by atoms with Gasteiger partial charge in [0.05, 0.1) is 6.61 Å². The van der Waals surface area contributed by atoms with E-state index < -0.39 is 0 Å². The Hall–Kier alpha value is -1.26. The Bertz CT molecular complexity index is 307. The highest BCUT2D eigenvalue weighted by Gasteiger charge is 1.97. The van der Waals surface area contributed by atoms with Crippen molar-refractivity contribution in [2.45, 2.75) is 13.5 Å². The summed E-state index contributed by atoms with van der Waals surface area (Å²) in [6.07, 6.45) is -0.357. The maximum absolute atomic E-state index is 10.9. The zero-order valence-corrected chi connectivity index (χ0v) is 10.8. The predicted octanol–water partition coefficient (Wildman–Crippen LogP) is 1.94. The Morgan fingerprint density at radius 2 is 1.94 bits per heavy atom. The van der Waals surface area contributed by atoms with Gasteiger partial charge < -0.3 is 15.4 Å². The van der Waals surface area contributed by atoms with Crippen molar-refractivity contribution >= 4 is 18.5 Å². The molecule has 0 unspecified atom stereocenters. The molecule has 5 heteroatoms. The van der Waals surface area contributed by atoms with Gasteiger partial charge in [-0.1, -0.05) is 30.3 Å². The number of benzene rings is 1. The molecule has 1 rings (SSSR count). The summed E-state index contributed by atoms with van der Waals surface area (Å²) in [6, 6.07) is 10.1. The number of nitrogens with one attached hydrogen (secondary N) is 2. The van der Waals surface area contributed by atoms with E-state index in [-0.39, 0.29) is 18.5 Å². The van der Waals surface area contributed by atoms with Crippen LogP contribution >= 0.6 is 12.4 Å². The van der Waals surface area contributed by atoms with Crippen molar-refractivity contribution in [1.29, 1.82) is 0 Å². The molecule has 0 aromatic heterocycles. The van der Waals surface area contributed by atoms with Crippen LogP contribution in [0, 0.1) is 0 Å². The summed E-state index contributed by atoms with van der Waals surface area (Å²) in [5.74, 6) is 0. The van der Waals surface area contributed by atoms with Crippen molar-refractivity contribution in [1.82, 2.24) is 10.6 Å². The van der Waals surface area contributed by atoms with Crippen molar-refractivity contribution in [3.8, 4) is 0 Å². The van der Waals surface area contributed by atoms with Crippen LogP contribution in [0.5, 0.6) is 0 Å².